The van der Waals surface area contributed by atoms with Crippen LogP contribution in [0.2, 0.25) is 0 Å². The Hall–Kier alpha value is -3.34. The molecule has 238 valence electrons. The minimum atomic E-state index is -1.58. The van der Waals surface area contributed by atoms with E-state index in [1.807, 2.05) is 41.5 Å². The lowest BCUT2D eigenvalue weighted by atomic mass is 9.86. The highest BCUT2D eigenvalue weighted by atomic mass is 16.7. The third-order valence-corrected chi connectivity index (χ3v) is 6.78. The number of nitrogens with two attached hydrogens (primary N) is 1. The maximum atomic E-state index is 12.8. The lowest BCUT2D eigenvalue weighted by Gasteiger charge is -2.29. The summed E-state index contributed by atoms with van der Waals surface area (Å²) in [5, 5.41) is 0. The molecule has 11 nitrogen and oxygen atoms in total. The van der Waals surface area contributed by atoms with E-state index in [9.17, 15) is 19.2 Å². The van der Waals surface area contributed by atoms with E-state index in [2.05, 4.69) is 0 Å². The predicted octanol–water partition coefficient (Wildman–Crippen LogP) is 5.98. The Labute approximate surface area is 249 Å². The van der Waals surface area contributed by atoms with Gasteiger partial charge in [-0.15, -0.1) is 0 Å². The van der Waals surface area contributed by atoms with Crippen molar-refractivity contribution in [2.75, 3.05) is 20.3 Å². The predicted molar refractivity (Wildman–Crippen MR) is 156 cm³/mol. The molecule has 0 aliphatic carbocycles. The number of methoxy groups -OCH3 is 1. The summed E-state index contributed by atoms with van der Waals surface area (Å²) < 4.78 is 31.5. The van der Waals surface area contributed by atoms with Crippen molar-refractivity contribution in [3.63, 3.8) is 0 Å². The van der Waals surface area contributed by atoms with Crippen molar-refractivity contribution in [1.82, 2.24) is 0 Å². The van der Waals surface area contributed by atoms with Crippen LogP contribution in [0.1, 0.15) is 86.1 Å². The van der Waals surface area contributed by atoms with Crippen molar-refractivity contribution in [1.29, 1.82) is 0 Å². The highest BCUT2D eigenvalue weighted by molar-refractivity contribution is 5.81. The molecule has 0 saturated heterocycles. The fourth-order valence-corrected chi connectivity index (χ4v) is 3.76. The van der Waals surface area contributed by atoms with E-state index in [4.69, 9.17) is 34.2 Å². The van der Waals surface area contributed by atoms with Gasteiger partial charge in [0.15, 0.2) is 11.5 Å². The highest BCUT2D eigenvalue weighted by Crippen LogP contribution is 2.32. The largest absolute Gasteiger partial charge is 0.513 e. The smallest absolute Gasteiger partial charge is 0.468 e. The zero-order valence-corrected chi connectivity index (χ0v) is 26.4. The van der Waals surface area contributed by atoms with Crippen LogP contribution in [0.5, 0.6) is 11.5 Å². The maximum Gasteiger partial charge on any atom is 0.513 e. The molecule has 0 aliphatic rings. The summed E-state index contributed by atoms with van der Waals surface area (Å²) >= 11 is 0. The lowest BCUT2D eigenvalue weighted by Crippen LogP contribution is -2.53. The van der Waals surface area contributed by atoms with Gasteiger partial charge in [-0.1, -0.05) is 60.5 Å². The van der Waals surface area contributed by atoms with Gasteiger partial charge in [0.25, 0.3) is 0 Å². The quantitative estimate of drug-likeness (QED) is 0.129. The fraction of sp³-hybridized carbons (Fsp3) is 0.677. The van der Waals surface area contributed by atoms with Crippen LogP contribution in [0.25, 0.3) is 0 Å². The molecule has 0 saturated carbocycles. The van der Waals surface area contributed by atoms with Gasteiger partial charge >= 0.3 is 24.2 Å². The second-order valence-corrected chi connectivity index (χ2v) is 11.4. The van der Waals surface area contributed by atoms with Gasteiger partial charge in [-0.05, 0) is 48.8 Å². The average Bonchev–Trinajstić information content (AvgIpc) is 2.93. The first-order chi connectivity index (χ1) is 19.7. The molecule has 0 fully saturated rings. The highest BCUT2D eigenvalue weighted by Gasteiger charge is 2.38. The number of esters is 2. The second-order valence-electron chi connectivity index (χ2n) is 11.4. The van der Waals surface area contributed by atoms with E-state index < -0.39 is 29.9 Å². The van der Waals surface area contributed by atoms with Crippen molar-refractivity contribution < 1.29 is 47.6 Å². The topological polar surface area (TPSA) is 150 Å². The Kier molecular flexibility index (Phi) is 15.9. The first-order valence-electron chi connectivity index (χ1n) is 14.6. The van der Waals surface area contributed by atoms with E-state index in [-0.39, 0.29) is 61.8 Å². The van der Waals surface area contributed by atoms with Crippen LogP contribution < -0.4 is 15.2 Å². The molecule has 3 unspecified atom stereocenters. The Balaban J connectivity index is 3.19. The zero-order chi connectivity index (χ0) is 31.9. The van der Waals surface area contributed by atoms with Crippen LogP contribution in [0.4, 0.5) is 9.59 Å². The van der Waals surface area contributed by atoms with Crippen LogP contribution in [-0.2, 0) is 35.0 Å². The van der Waals surface area contributed by atoms with Crippen LogP contribution in [-0.4, -0.2) is 56.2 Å². The fourth-order valence-electron chi connectivity index (χ4n) is 3.76. The number of hydrogen-bond donors (Lipinski definition) is 1. The van der Waals surface area contributed by atoms with Crippen molar-refractivity contribution in [3.05, 3.63) is 23.8 Å². The molecular weight excluding hydrogens is 546 g/mol. The molecular formula is C31H49NO10. The van der Waals surface area contributed by atoms with Crippen molar-refractivity contribution in [2.24, 2.45) is 23.5 Å². The number of ether oxygens (including phenoxy) is 6. The molecule has 1 aromatic rings. The Morgan fingerprint density at radius 1 is 0.857 bits per heavy atom. The molecule has 1 aromatic carbocycles. The molecule has 0 heterocycles. The average molecular weight is 596 g/mol. The summed E-state index contributed by atoms with van der Waals surface area (Å²) in [5.41, 5.74) is 5.41. The number of hydrogen-bond acceptors (Lipinski definition) is 11. The molecule has 1 rings (SSSR count). The van der Waals surface area contributed by atoms with Crippen LogP contribution >= 0.6 is 0 Å². The Bertz CT molecular complexity index is 1030. The molecule has 0 aromatic heterocycles. The number of benzene rings is 1. The molecule has 4 atom stereocenters. The summed E-state index contributed by atoms with van der Waals surface area (Å²) in [5.74, 6) is -0.694. The van der Waals surface area contributed by atoms with E-state index in [1.165, 1.54) is 19.2 Å². The molecule has 0 radical (unpaired) electrons. The van der Waals surface area contributed by atoms with E-state index >= 15 is 0 Å². The summed E-state index contributed by atoms with van der Waals surface area (Å²) in [6.07, 6.45) is -0.166. The lowest BCUT2D eigenvalue weighted by molar-refractivity contribution is -0.155. The SMILES string of the molecule is CCC(C)COC(=O)Oc1ccc(CC(N)(C[C@H](C)OC(=O)CCC(C)C)C(=O)OC)cc1OC(=O)OCC(C)CC. The van der Waals surface area contributed by atoms with E-state index in [0.29, 0.717) is 17.9 Å². The molecule has 11 heteroatoms. The normalized spacial score (nSPS) is 14.6. The van der Waals surface area contributed by atoms with Gasteiger partial charge in [-0.3, -0.25) is 9.59 Å². The first-order valence-corrected chi connectivity index (χ1v) is 14.6. The minimum absolute atomic E-state index is 0.0274. The Morgan fingerprint density at radius 3 is 1.90 bits per heavy atom. The molecule has 0 spiro atoms. The summed E-state index contributed by atoms with van der Waals surface area (Å²) in [6.45, 7) is 13.8. The molecule has 0 aliphatic heterocycles. The Morgan fingerprint density at radius 2 is 1.40 bits per heavy atom. The van der Waals surface area contributed by atoms with Gasteiger partial charge in [0.2, 0.25) is 0 Å². The molecule has 2 N–H and O–H groups in total. The van der Waals surface area contributed by atoms with Gasteiger partial charge in [0.1, 0.15) is 11.6 Å². The second kappa shape index (κ2) is 18.3. The zero-order valence-electron chi connectivity index (χ0n) is 26.4. The van der Waals surface area contributed by atoms with Gasteiger partial charge in [0, 0.05) is 19.3 Å². The summed E-state index contributed by atoms with van der Waals surface area (Å²) in [4.78, 5) is 49.8. The molecule has 42 heavy (non-hydrogen) atoms. The summed E-state index contributed by atoms with van der Waals surface area (Å²) in [6, 6.07) is 4.40. The third-order valence-electron chi connectivity index (χ3n) is 6.78. The van der Waals surface area contributed by atoms with E-state index in [0.717, 1.165) is 12.8 Å². The van der Waals surface area contributed by atoms with Crippen molar-refractivity contribution >= 4 is 24.2 Å². The van der Waals surface area contributed by atoms with Crippen LogP contribution in [0.3, 0.4) is 0 Å². The third kappa shape index (κ3) is 13.5. The molecule has 0 bridgehead atoms. The molecule has 0 amide bonds. The van der Waals surface area contributed by atoms with Gasteiger partial charge in [-0.2, -0.15) is 0 Å². The number of carbonyl (C=O) groups is 4. The first kappa shape index (κ1) is 36.7. The minimum Gasteiger partial charge on any atom is -0.468 e. The monoisotopic (exact) mass is 595 g/mol. The van der Waals surface area contributed by atoms with Gasteiger partial charge in [0.05, 0.1) is 20.3 Å². The summed E-state index contributed by atoms with van der Waals surface area (Å²) in [7, 11) is 1.22. The van der Waals surface area contributed by atoms with Crippen LogP contribution in [0, 0.1) is 17.8 Å². The van der Waals surface area contributed by atoms with Crippen molar-refractivity contribution in [3.8, 4) is 11.5 Å². The van der Waals surface area contributed by atoms with E-state index in [1.54, 1.807) is 13.0 Å². The number of carbonyl (C=O) groups excluding carboxylic acids is 4. The van der Waals surface area contributed by atoms with Gasteiger partial charge in [-0.25, -0.2) is 9.59 Å². The maximum absolute atomic E-state index is 12.8. The van der Waals surface area contributed by atoms with Crippen molar-refractivity contribution in [2.45, 2.75) is 98.6 Å². The van der Waals surface area contributed by atoms with Gasteiger partial charge < -0.3 is 34.2 Å². The van der Waals surface area contributed by atoms with Crippen LogP contribution in [0.15, 0.2) is 18.2 Å². The number of rotatable bonds is 17. The standard InChI is InChI=1S/C31H49NO10/c1-9-21(5)18-38-29(35)41-25-13-12-24(15-26(25)42-30(36)39-19-22(6)10-2)17-31(32,28(34)37-8)16-23(7)40-27(33)14-11-20(3)4/h12-13,15,20-23H,9-11,14,16-19,32H2,1-8H3/t21?,22?,23-,31?/m0/s1.